The minimum atomic E-state index is -0.0918. The van der Waals surface area contributed by atoms with Crippen LogP contribution in [0.1, 0.15) is 65.7 Å². The number of epoxide rings is 1. The quantitative estimate of drug-likeness (QED) is 0.247. The van der Waals surface area contributed by atoms with Crippen LogP contribution in [0.3, 0.4) is 0 Å². The van der Waals surface area contributed by atoms with E-state index in [1.807, 2.05) is 0 Å². The number of carbonyl (C=O) groups excluding carboxylic acids is 2. The lowest BCUT2D eigenvalue weighted by Crippen LogP contribution is -2.60. The van der Waals surface area contributed by atoms with Crippen molar-refractivity contribution in [2.45, 2.75) is 84.0 Å². The van der Waals surface area contributed by atoms with Crippen LogP contribution in [0, 0.1) is 40.4 Å². The second-order valence-electron chi connectivity index (χ2n) is 10.8. The zero-order chi connectivity index (χ0) is 19.8. The lowest BCUT2D eigenvalue weighted by Gasteiger charge is -2.61. The van der Waals surface area contributed by atoms with Crippen molar-refractivity contribution in [1.29, 1.82) is 0 Å². The number of halogens is 1. The van der Waals surface area contributed by atoms with Gasteiger partial charge in [0.05, 0.1) is 16.6 Å². The number of esters is 1. The normalized spacial score (nSPS) is 54.0. The first kappa shape index (κ1) is 19.8. The molecule has 5 rings (SSSR count). The average Bonchev–Trinajstić information content (AvgIpc) is 3.27. The summed E-state index contributed by atoms with van der Waals surface area (Å²) < 4.78 is 12.5. The number of alkyl halides is 1. The van der Waals surface area contributed by atoms with Crippen molar-refractivity contribution in [3.8, 4) is 0 Å². The monoisotopic (exact) mass is 500 g/mol. The van der Waals surface area contributed by atoms with E-state index in [-0.39, 0.29) is 28.8 Å². The van der Waals surface area contributed by atoms with Crippen molar-refractivity contribution >= 4 is 34.3 Å². The Bertz CT molecular complexity index is 694. The molecule has 28 heavy (non-hydrogen) atoms. The van der Waals surface area contributed by atoms with Crippen LogP contribution in [0.4, 0.5) is 0 Å². The Hall–Kier alpha value is -0.170. The van der Waals surface area contributed by atoms with Crippen molar-refractivity contribution in [2.24, 2.45) is 40.4 Å². The standard InChI is InChI=1S/C23H33IO4/c1-12(25)15-6-7-16-14-5-4-13-8-17-18(27-17)9-22(13,2)21(14)19(10-23(15,16)3)28-20(26)11-24/h13-19,21H,4-11H2,1-3H3/t13-,14-,15+,16-,17-,18+,19-,21+,22-,23+/m0/s1. The number of ether oxygens (including phenoxy) is 2. The summed E-state index contributed by atoms with van der Waals surface area (Å²) in [7, 11) is 0. The summed E-state index contributed by atoms with van der Waals surface area (Å²) in [5.74, 6) is 2.65. The molecule has 0 spiro atoms. The van der Waals surface area contributed by atoms with Crippen LogP contribution in [0.2, 0.25) is 0 Å². The summed E-state index contributed by atoms with van der Waals surface area (Å²) in [5, 5.41) is 0. The second-order valence-corrected chi connectivity index (χ2v) is 11.6. The van der Waals surface area contributed by atoms with Crippen LogP contribution < -0.4 is 0 Å². The van der Waals surface area contributed by atoms with Crippen molar-refractivity contribution in [3.63, 3.8) is 0 Å². The molecule has 0 aromatic carbocycles. The molecule has 0 aromatic rings. The van der Waals surface area contributed by atoms with E-state index in [1.54, 1.807) is 6.92 Å². The minimum Gasteiger partial charge on any atom is -0.461 e. The van der Waals surface area contributed by atoms with Gasteiger partial charge >= 0.3 is 5.97 Å². The smallest absolute Gasteiger partial charge is 0.316 e. The molecule has 4 saturated carbocycles. The van der Waals surface area contributed by atoms with Gasteiger partial charge in [-0.15, -0.1) is 0 Å². The lowest BCUT2D eigenvalue weighted by atomic mass is 9.44. The van der Waals surface area contributed by atoms with Gasteiger partial charge in [-0.05, 0) is 80.5 Å². The predicted molar refractivity (Wildman–Crippen MR) is 114 cm³/mol. The minimum absolute atomic E-state index is 0.0142. The molecule has 5 heteroatoms. The van der Waals surface area contributed by atoms with Gasteiger partial charge in [0, 0.05) is 11.8 Å². The van der Waals surface area contributed by atoms with Crippen LogP contribution in [0.15, 0.2) is 0 Å². The molecule has 4 aliphatic carbocycles. The highest BCUT2D eigenvalue weighted by atomic mass is 127. The Morgan fingerprint density at radius 1 is 1.07 bits per heavy atom. The van der Waals surface area contributed by atoms with Crippen LogP contribution in [0.25, 0.3) is 0 Å². The molecule has 0 amide bonds. The first-order valence-corrected chi connectivity index (χ1v) is 12.7. The van der Waals surface area contributed by atoms with E-state index in [2.05, 4.69) is 36.4 Å². The number of rotatable bonds is 3. The van der Waals surface area contributed by atoms with Gasteiger partial charge in [0.15, 0.2) is 0 Å². The van der Waals surface area contributed by atoms with Crippen LogP contribution in [-0.4, -0.2) is 34.5 Å². The van der Waals surface area contributed by atoms with Crippen molar-refractivity contribution in [3.05, 3.63) is 0 Å². The Balaban J connectivity index is 1.53. The summed E-state index contributed by atoms with van der Waals surface area (Å²) in [5.41, 5.74) is 0.187. The van der Waals surface area contributed by atoms with Gasteiger partial charge in [-0.3, -0.25) is 9.59 Å². The SMILES string of the molecule is CC(=O)[C@H]1CC[C@H]2[C@@H]3CC[C@H]4C[C@@H]5O[C@@H]5C[C@]4(C)[C@H]3[C@@H](OC(=O)CI)C[C@]12C. The Labute approximate surface area is 182 Å². The maximum atomic E-state index is 12.5. The summed E-state index contributed by atoms with van der Waals surface area (Å²) >= 11 is 2.11. The summed E-state index contributed by atoms with van der Waals surface area (Å²) in [6, 6.07) is 0. The molecule has 1 heterocycles. The fourth-order valence-corrected chi connectivity index (χ4v) is 8.77. The van der Waals surface area contributed by atoms with Gasteiger partial charge in [0.25, 0.3) is 0 Å². The molecule has 0 bridgehead atoms. The van der Waals surface area contributed by atoms with E-state index in [0.29, 0.717) is 46.1 Å². The third-order valence-corrected chi connectivity index (χ3v) is 10.3. The zero-order valence-electron chi connectivity index (χ0n) is 17.3. The molecule has 1 aliphatic heterocycles. The van der Waals surface area contributed by atoms with Gasteiger partial charge in [0.2, 0.25) is 0 Å². The van der Waals surface area contributed by atoms with Gasteiger partial charge in [0.1, 0.15) is 11.9 Å². The van der Waals surface area contributed by atoms with Crippen LogP contribution in [0.5, 0.6) is 0 Å². The molecular formula is C23H33IO4. The number of fused-ring (bicyclic) bond motifs is 6. The number of carbonyl (C=O) groups is 2. The predicted octanol–water partition coefficient (Wildman–Crippen LogP) is 4.57. The van der Waals surface area contributed by atoms with Crippen molar-refractivity contribution in [1.82, 2.24) is 0 Å². The zero-order valence-corrected chi connectivity index (χ0v) is 19.4. The first-order chi connectivity index (χ1) is 13.3. The molecular weight excluding hydrogens is 467 g/mol. The molecule has 0 radical (unpaired) electrons. The fraction of sp³-hybridized carbons (Fsp3) is 0.913. The number of hydrogen-bond acceptors (Lipinski definition) is 4. The fourth-order valence-electron chi connectivity index (χ4n) is 8.59. The van der Waals surface area contributed by atoms with Gasteiger partial charge < -0.3 is 9.47 Å². The highest BCUT2D eigenvalue weighted by Gasteiger charge is 2.67. The Kier molecular flexibility index (Phi) is 4.71. The topological polar surface area (TPSA) is 55.9 Å². The molecule has 10 atom stereocenters. The lowest BCUT2D eigenvalue weighted by molar-refractivity contribution is -0.191. The molecule has 5 aliphatic rings. The van der Waals surface area contributed by atoms with E-state index in [9.17, 15) is 9.59 Å². The highest BCUT2D eigenvalue weighted by Crippen LogP contribution is 2.69. The van der Waals surface area contributed by atoms with E-state index in [4.69, 9.17) is 9.47 Å². The number of ketones is 1. The summed E-state index contributed by atoms with van der Waals surface area (Å²) in [6.45, 7) is 6.56. The summed E-state index contributed by atoms with van der Waals surface area (Å²) in [6.07, 6.45) is 8.74. The van der Waals surface area contributed by atoms with Crippen molar-refractivity contribution < 1.29 is 19.1 Å². The van der Waals surface area contributed by atoms with Crippen molar-refractivity contribution in [2.75, 3.05) is 4.43 Å². The molecule has 156 valence electrons. The first-order valence-electron chi connectivity index (χ1n) is 11.2. The van der Waals surface area contributed by atoms with Gasteiger partial charge in [-0.1, -0.05) is 36.4 Å². The molecule has 0 aromatic heterocycles. The molecule has 0 N–H and O–H groups in total. The van der Waals surface area contributed by atoms with Gasteiger partial charge in [-0.25, -0.2) is 0 Å². The molecule has 4 nitrogen and oxygen atoms in total. The molecule has 5 fully saturated rings. The second kappa shape index (κ2) is 6.66. The van der Waals surface area contributed by atoms with E-state index in [1.165, 1.54) is 19.3 Å². The molecule has 1 saturated heterocycles. The number of Topliss-reactive ketones (excluding diaryl/α,β-unsaturated/α-hetero) is 1. The van der Waals surface area contributed by atoms with Gasteiger partial charge in [-0.2, -0.15) is 0 Å². The number of hydrogen-bond donors (Lipinski definition) is 0. The van der Waals surface area contributed by atoms with E-state index in [0.717, 1.165) is 25.7 Å². The third-order valence-electron chi connectivity index (χ3n) is 9.70. The maximum Gasteiger partial charge on any atom is 0.316 e. The Morgan fingerprint density at radius 2 is 1.86 bits per heavy atom. The summed E-state index contributed by atoms with van der Waals surface area (Å²) in [4.78, 5) is 24.8. The third kappa shape index (κ3) is 2.77. The van der Waals surface area contributed by atoms with E-state index >= 15 is 0 Å². The van der Waals surface area contributed by atoms with Crippen LogP contribution in [-0.2, 0) is 19.1 Å². The maximum absolute atomic E-state index is 12.5. The Morgan fingerprint density at radius 3 is 2.57 bits per heavy atom. The average molecular weight is 500 g/mol. The molecule has 0 unspecified atom stereocenters. The van der Waals surface area contributed by atoms with Crippen LogP contribution >= 0.6 is 22.6 Å². The highest BCUT2D eigenvalue weighted by molar-refractivity contribution is 14.1. The largest absolute Gasteiger partial charge is 0.461 e. The van der Waals surface area contributed by atoms with E-state index < -0.39 is 0 Å².